The third kappa shape index (κ3) is 3.16. The van der Waals surface area contributed by atoms with Gasteiger partial charge < -0.3 is 19.1 Å². The average Bonchev–Trinajstić information content (AvgIpc) is 3.34. The van der Waals surface area contributed by atoms with E-state index < -0.39 is 0 Å². The Hall–Kier alpha value is -2.80. The van der Waals surface area contributed by atoms with Gasteiger partial charge in [0, 0.05) is 31.5 Å². The molecule has 2 aliphatic heterocycles. The lowest BCUT2D eigenvalue weighted by Gasteiger charge is -2.31. The van der Waals surface area contributed by atoms with Crippen molar-refractivity contribution in [1.82, 2.24) is 9.88 Å². The molecule has 0 saturated carbocycles. The number of benzene rings is 2. The first-order valence-electron chi connectivity index (χ1n) is 9.39. The molecule has 5 rings (SSSR count). The maximum Gasteiger partial charge on any atom is 0.274 e. The van der Waals surface area contributed by atoms with Gasteiger partial charge in [-0.25, -0.2) is 4.98 Å². The molecule has 1 amide bonds. The molecule has 0 atom stereocenters. The highest BCUT2D eigenvalue weighted by Crippen LogP contribution is 2.34. The number of hydrogen-bond acceptors (Lipinski definition) is 6. The van der Waals surface area contributed by atoms with E-state index in [0.717, 1.165) is 28.6 Å². The number of amides is 1. The van der Waals surface area contributed by atoms with Gasteiger partial charge in [-0.15, -0.1) is 0 Å². The van der Waals surface area contributed by atoms with E-state index in [2.05, 4.69) is 24.0 Å². The smallest absolute Gasteiger partial charge is 0.274 e. The van der Waals surface area contributed by atoms with Gasteiger partial charge in [-0.2, -0.15) is 0 Å². The van der Waals surface area contributed by atoms with Crippen LogP contribution in [0.4, 0.5) is 0 Å². The topological polar surface area (TPSA) is 60.9 Å². The van der Waals surface area contributed by atoms with Crippen molar-refractivity contribution in [3.63, 3.8) is 0 Å². The first kappa shape index (κ1) is 17.3. The van der Waals surface area contributed by atoms with Gasteiger partial charge in [0.15, 0.2) is 11.5 Å². The van der Waals surface area contributed by atoms with E-state index >= 15 is 0 Å². The molecule has 3 aromatic rings. The number of carbonyl (C=O) groups excluding carboxylic acids is 1. The molecule has 0 N–H and O–H groups in total. The van der Waals surface area contributed by atoms with Gasteiger partial charge in [0.05, 0.1) is 10.2 Å². The minimum atomic E-state index is 0.0207. The minimum Gasteiger partial charge on any atom is -0.467 e. The number of thiazole rings is 1. The number of hydrogen-bond donors (Lipinski definition) is 0. The Morgan fingerprint density at radius 3 is 2.82 bits per heavy atom. The molecular formula is C21H20N2O4S. The zero-order valence-electron chi connectivity index (χ0n) is 15.5. The Balaban J connectivity index is 1.22. The predicted octanol–water partition coefficient (Wildman–Crippen LogP) is 4.02. The summed E-state index contributed by atoms with van der Waals surface area (Å²) < 4.78 is 18.0. The summed E-state index contributed by atoms with van der Waals surface area (Å²) in [5.41, 5.74) is 2.80. The number of aromatic nitrogens is 1. The van der Waals surface area contributed by atoms with Crippen LogP contribution in [0.1, 0.15) is 28.8 Å². The first-order valence-corrected chi connectivity index (χ1v) is 10.2. The third-order valence-electron chi connectivity index (χ3n) is 5.22. The molecule has 144 valence electrons. The number of ether oxygens (including phenoxy) is 3. The molecule has 7 heteroatoms. The molecule has 1 aromatic heterocycles. The van der Waals surface area contributed by atoms with E-state index in [4.69, 9.17) is 14.2 Å². The van der Waals surface area contributed by atoms with Crippen molar-refractivity contribution in [2.45, 2.75) is 25.9 Å². The summed E-state index contributed by atoms with van der Waals surface area (Å²) in [7, 11) is 0. The van der Waals surface area contributed by atoms with Crippen LogP contribution in [0.15, 0.2) is 36.4 Å². The fraction of sp³-hybridized carbons (Fsp3) is 0.333. The maximum absolute atomic E-state index is 12.8. The van der Waals surface area contributed by atoms with E-state index in [0.29, 0.717) is 35.3 Å². The molecule has 0 aliphatic carbocycles. The van der Waals surface area contributed by atoms with E-state index in [-0.39, 0.29) is 18.8 Å². The number of aryl methyl sites for hydroxylation is 1. The first-order chi connectivity index (χ1) is 13.7. The second-order valence-corrected chi connectivity index (χ2v) is 8.07. The largest absolute Gasteiger partial charge is 0.467 e. The Labute approximate surface area is 166 Å². The van der Waals surface area contributed by atoms with Crippen LogP contribution in [0, 0.1) is 6.92 Å². The minimum absolute atomic E-state index is 0.0207. The highest BCUT2D eigenvalue weighted by Gasteiger charge is 2.26. The molecule has 2 aromatic carbocycles. The van der Waals surface area contributed by atoms with Gasteiger partial charge in [-0.05, 0) is 36.8 Å². The van der Waals surface area contributed by atoms with Crippen molar-refractivity contribution in [3.8, 4) is 16.7 Å². The number of fused-ring (bicyclic) bond motifs is 2. The lowest BCUT2D eigenvalue weighted by Crippen LogP contribution is -2.41. The summed E-state index contributed by atoms with van der Waals surface area (Å²) in [6.07, 6.45) is 1.68. The number of nitrogens with zero attached hydrogens (tertiary/aromatic N) is 2. The number of rotatable bonds is 3. The molecular weight excluding hydrogens is 376 g/mol. The summed E-state index contributed by atoms with van der Waals surface area (Å²) in [6.45, 7) is 3.61. The van der Waals surface area contributed by atoms with Crippen LogP contribution in [0.5, 0.6) is 16.7 Å². The van der Waals surface area contributed by atoms with Crippen LogP contribution < -0.4 is 14.2 Å². The Kier molecular flexibility index (Phi) is 4.31. The zero-order valence-corrected chi connectivity index (χ0v) is 16.3. The van der Waals surface area contributed by atoms with Crippen molar-refractivity contribution in [3.05, 3.63) is 47.5 Å². The van der Waals surface area contributed by atoms with Crippen molar-refractivity contribution in [1.29, 1.82) is 0 Å². The van der Waals surface area contributed by atoms with E-state index in [1.54, 1.807) is 29.5 Å². The SMILES string of the molecule is Cc1cccc2sc(OC3CCN(C(=O)c4ccc5c(c4)OCO5)CC3)nc12. The van der Waals surface area contributed by atoms with Crippen molar-refractivity contribution in [2.24, 2.45) is 0 Å². The van der Waals surface area contributed by atoms with Crippen LogP contribution in [0.25, 0.3) is 10.2 Å². The number of likely N-dealkylation sites (tertiary alicyclic amines) is 1. The van der Waals surface area contributed by atoms with Gasteiger partial charge in [-0.3, -0.25) is 4.79 Å². The van der Waals surface area contributed by atoms with Crippen LogP contribution >= 0.6 is 11.3 Å². The molecule has 2 aliphatic rings. The number of carbonyl (C=O) groups is 1. The zero-order chi connectivity index (χ0) is 19.1. The van der Waals surface area contributed by atoms with Crippen LogP contribution in [0.2, 0.25) is 0 Å². The van der Waals surface area contributed by atoms with Crippen LogP contribution in [-0.4, -0.2) is 41.8 Å². The maximum atomic E-state index is 12.8. The second kappa shape index (κ2) is 6.98. The number of para-hydroxylation sites is 1. The Bertz CT molecular complexity index is 1040. The average molecular weight is 396 g/mol. The van der Waals surface area contributed by atoms with Gasteiger partial charge >= 0.3 is 0 Å². The standard InChI is InChI=1S/C21H20N2O4S/c1-13-3-2-4-18-19(13)22-21(28-18)27-15-7-9-23(10-8-15)20(24)14-5-6-16-17(11-14)26-12-25-16/h2-6,11,15H,7-10,12H2,1H3. The fourth-order valence-electron chi connectivity index (χ4n) is 3.65. The van der Waals surface area contributed by atoms with Crippen molar-refractivity contribution < 1.29 is 19.0 Å². The van der Waals surface area contributed by atoms with Crippen LogP contribution in [0.3, 0.4) is 0 Å². The Morgan fingerprint density at radius 2 is 2.00 bits per heavy atom. The van der Waals surface area contributed by atoms with Crippen molar-refractivity contribution in [2.75, 3.05) is 19.9 Å². The normalized spacial score (nSPS) is 16.5. The molecule has 28 heavy (non-hydrogen) atoms. The van der Waals surface area contributed by atoms with Gasteiger partial charge in [0.2, 0.25) is 6.79 Å². The lowest BCUT2D eigenvalue weighted by atomic mass is 10.1. The van der Waals surface area contributed by atoms with Crippen LogP contribution in [-0.2, 0) is 0 Å². The Morgan fingerprint density at radius 1 is 1.18 bits per heavy atom. The summed E-state index contributed by atoms with van der Waals surface area (Å²) >= 11 is 1.58. The van der Waals surface area contributed by atoms with Crippen molar-refractivity contribution >= 4 is 27.5 Å². The molecule has 0 spiro atoms. The molecule has 0 radical (unpaired) electrons. The molecule has 3 heterocycles. The molecule has 6 nitrogen and oxygen atoms in total. The molecule has 1 fully saturated rings. The van der Waals surface area contributed by atoms with Gasteiger partial charge in [-0.1, -0.05) is 23.5 Å². The molecule has 1 saturated heterocycles. The van der Waals surface area contributed by atoms with E-state index in [1.807, 2.05) is 11.0 Å². The molecule has 0 unspecified atom stereocenters. The highest BCUT2D eigenvalue weighted by molar-refractivity contribution is 7.20. The predicted molar refractivity (Wildman–Crippen MR) is 106 cm³/mol. The fourth-order valence-corrected chi connectivity index (χ4v) is 4.61. The van der Waals surface area contributed by atoms with E-state index in [9.17, 15) is 4.79 Å². The quantitative estimate of drug-likeness (QED) is 0.669. The molecule has 0 bridgehead atoms. The summed E-state index contributed by atoms with van der Waals surface area (Å²) in [6, 6.07) is 11.5. The second-order valence-electron chi connectivity index (χ2n) is 7.08. The highest BCUT2D eigenvalue weighted by atomic mass is 32.1. The summed E-state index contributed by atoms with van der Waals surface area (Å²) in [5.74, 6) is 1.34. The van der Waals surface area contributed by atoms with Gasteiger partial charge in [0.1, 0.15) is 6.10 Å². The van der Waals surface area contributed by atoms with Gasteiger partial charge in [0.25, 0.3) is 11.1 Å². The summed E-state index contributed by atoms with van der Waals surface area (Å²) in [5, 5.41) is 0.713. The third-order valence-corrected chi connectivity index (χ3v) is 6.13. The summed E-state index contributed by atoms with van der Waals surface area (Å²) in [4.78, 5) is 19.3. The lowest BCUT2D eigenvalue weighted by molar-refractivity contribution is 0.0595. The monoisotopic (exact) mass is 396 g/mol. The van der Waals surface area contributed by atoms with E-state index in [1.165, 1.54) is 0 Å². The number of piperidine rings is 1.